The van der Waals surface area contributed by atoms with Crippen LogP contribution in [0.2, 0.25) is 0 Å². The van der Waals surface area contributed by atoms with E-state index < -0.39 is 0 Å². The van der Waals surface area contributed by atoms with Gasteiger partial charge in [0.1, 0.15) is 0 Å². The minimum atomic E-state index is 0. The Bertz CT molecular complexity index is 1220. The highest BCUT2D eigenvalue weighted by Gasteiger charge is 2.20. The molecular weight excluding hydrogens is 535 g/mol. The monoisotopic (exact) mass is 580 g/mol. The van der Waals surface area contributed by atoms with Crippen molar-refractivity contribution in [3.05, 3.63) is 106 Å². The lowest BCUT2D eigenvalue weighted by atomic mass is 9.90. The Balaban J connectivity index is 0.00000220. The van der Waals surface area contributed by atoms with E-state index >= 15 is 0 Å². The van der Waals surface area contributed by atoms with Crippen LogP contribution in [-0.2, 0) is 26.1 Å². The number of nitrogens with zero attached hydrogens (tertiary/aromatic N) is 2. The molecule has 216 valence electrons. The number of halogens is 2. The summed E-state index contributed by atoms with van der Waals surface area (Å²) >= 11 is 0. The topological polar surface area (TPSA) is 23.6 Å². The van der Waals surface area contributed by atoms with Crippen molar-refractivity contribution >= 4 is 30.6 Å². The van der Waals surface area contributed by atoms with Crippen LogP contribution in [0.1, 0.15) is 82.3 Å². The molecule has 5 heteroatoms. The number of ketones is 1. The molecular formula is C35H46Cl2N2O. The summed E-state index contributed by atoms with van der Waals surface area (Å²) in [5.41, 5.74) is 9.19. The van der Waals surface area contributed by atoms with Gasteiger partial charge in [-0.05, 0) is 112 Å². The molecule has 0 radical (unpaired) electrons. The molecule has 0 N–H and O–H groups in total. The summed E-state index contributed by atoms with van der Waals surface area (Å²) in [7, 11) is 0. The predicted molar refractivity (Wildman–Crippen MR) is 172 cm³/mol. The van der Waals surface area contributed by atoms with Crippen molar-refractivity contribution in [3.63, 3.8) is 0 Å². The predicted octanol–water partition coefficient (Wildman–Crippen LogP) is 8.36. The van der Waals surface area contributed by atoms with E-state index in [1.165, 1.54) is 72.2 Å². The SMILES string of the molecule is Cc1ccc(CN2CCC(CCCC(=O)c3ccc4c(c3)CN(Cc3ccccc3C)CCC4)CC2)cc1.Cl.Cl. The van der Waals surface area contributed by atoms with Crippen molar-refractivity contribution in [2.24, 2.45) is 5.92 Å². The number of rotatable bonds is 9. The first-order valence-electron chi connectivity index (χ1n) is 14.7. The van der Waals surface area contributed by atoms with Gasteiger partial charge in [-0.25, -0.2) is 0 Å². The molecule has 0 spiro atoms. The molecule has 1 fully saturated rings. The first-order chi connectivity index (χ1) is 18.5. The third-order valence-electron chi connectivity index (χ3n) is 8.75. The minimum absolute atomic E-state index is 0. The zero-order chi connectivity index (χ0) is 26.3. The lowest BCUT2D eigenvalue weighted by Crippen LogP contribution is -2.33. The Hall–Kier alpha value is -2.17. The molecule has 2 heterocycles. The van der Waals surface area contributed by atoms with Gasteiger partial charge in [0.15, 0.2) is 5.78 Å². The molecule has 40 heavy (non-hydrogen) atoms. The summed E-state index contributed by atoms with van der Waals surface area (Å²) in [6.07, 6.45) is 7.67. The number of hydrogen-bond donors (Lipinski definition) is 0. The summed E-state index contributed by atoms with van der Waals surface area (Å²) in [4.78, 5) is 18.3. The molecule has 0 saturated carbocycles. The molecule has 2 aliphatic rings. The maximum Gasteiger partial charge on any atom is 0.162 e. The van der Waals surface area contributed by atoms with Crippen molar-refractivity contribution in [1.82, 2.24) is 9.80 Å². The molecule has 3 aromatic carbocycles. The van der Waals surface area contributed by atoms with Crippen molar-refractivity contribution in [1.29, 1.82) is 0 Å². The second-order valence-electron chi connectivity index (χ2n) is 11.7. The number of likely N-dealkylation sites (tertiary alicyclic amines) is 1. The quantitative estimate of drug-likeness (QED) is 0.237. The highest BCUT2D eigenvalue weighted by Crippen LogP contribution is 2.26. The van der Waals surface area contributed by atoms with E-state index in [1.807, 2.05) is 0 Å². The van der Waals surface area contributed by atoms with E-state index in [0.29, 0.717) is 12.2 Å². The number of fused-ring (bicyclic) bond motifs is 1. The molecule has 0 bridgehead atoms. The third-order valence-corrected chi connectivity index (χ3v) is 8.75. The van der Waals surface area contributed by atoms with Gasteiger partial charge in [-0.2, -0.15) is 0 Å². The standard InChI is InChI=1S/C35H44N2O.2ClH/c1-27-12-14-30(15-13-27)24-36-21-18-29(19-22-36)8-5-11-35(38)32-17-16-31-10-6-20-37(26-34(31)23-32)25-33-9-4-3-7-28(33)2;;/h3-4,7,9,12-17,23,29H,5-6,8,10-11,18-22,24-26H2,1-2H3;2*1H. The Kier molecular flexibility index (Phi) is 12.7. The molecule has 3 aromatic rings. The average Bonchev–Trinajstić information content (AvgIpc) is 3.13. The van der Waals surface area contributed by atoms with E-state index in [1.54, 1.807) is 0 Å². The van der Waals surface area contributed by atoms with E-state index in [9.17, 15) is 4.79 Å². The lowest BCUT2D eigenvalue weighted by molar-refractivity contribution is 0.0974. The molecule has 0 amide bonds. The summed E-state index contributed by atoms with van der Waals surface area (Å²) in [6, 6.07) is 24.2. The molecule has 3 nitrogen and oxygen atoms in total. The Labute approximate surface area is 254 Å². The Morgan fingerprint density at radius 1 is 0.825 bits per heavy atom. The molecule has 0 aromatic heterocycles. The van der Waals surface area contributed by atoms with E-state index in [2.05, 4.69) is 90.4 Å². The fourth-order valence-electron chi connectivity index (χ4n) is 6.25. The van der Waals surface area contributed by atoms with Crippen molar-refractivity contribution in [3.8, 4) is 0 Å². The van der Waals surface area contributed by atoms with Crippen molar-refractivity contribution < 1.29 is 4.79 Å². The molecule has 0 atom stereocenters. The molecule has 2 aliphatic heterocycles. The minimum Gasteiger partial charge on any atom is -0.299 e. The zero-order valence-electron chi connectivity index (χ0n) is 24.2. The van der Waals surface area contributed by atoms with Crippen LogP contribution in [0.3, 0.4) is 0 Å². The summed E-state index contributed by atoms with van der Waals surface area (Å²) in [5, 5.41) is 0. The number of hydrogen-bond acceptors (Lipinski definition) is 3. The van der Waals surface area contributed by atoms with Gasteiger partial charge in [0.05, 0.1) is 0 Å². The highest BCUT2D eigenvalue weighted by molar-refractivity contribution is 5.96. The number of carbonyl (C=O) groups excluding carboxylic acids is 1. The van der Waals surface area contributed by atoms with Crippen molar-refractivity contribution in [2.45, 2.75) is 78.4 Å². The van der Waals surface area contributed by atoms with Gasteiger partial charge in [-0.15, -0.1) is 24.8 Å². The van der Waals surface area contributed by atoms with Crippen LogP contribution in [0.5, 0.6) is 0 Å². The number of carbonyl (C=O) groups is 1. The molecule has 1 saturated heterocycles. The summed E-state index contributed by atoms with van der Waals surface area (Å²) < 4.78 is 0. The lowest BCUT2D eigenvalue weighted by Gasteiger charge is -2.32. The second-order valence-corrected chi connectivity index (χ2v) is 11.7. The first-order valence-corrected chi connectivity index (χ1v) is 14.7. The van der Waals surface area contributed by atoms with E-state index in [-0.39, 0.29) is 24.8 Å². The van der Waals surface area contributed by atoms with Crippen LogP contribution in [0, 0.1) is 19.8 Å². The van der Waals surface area contributed by atoms with Crippen LogP contribution in [0.25, 0.3) is 0 Å². The zero-order valence-corrected chi connectivity index (χ0v) is 25.9. The molecule has 5 rings (SSSR count). The summed E-state index contributed by atoms with van der Waals surface area (Å²) in [5.74, 6) is 1.08. The Morgan fingerprint density at radius 3 is 2.33 bits per heavy atom. The van der Waals surface area contributed by atoms with Crippen LogP contribution in [0.15, 0.2) is 66.7 Å². The fourth-order valence-corrected chi connectivity index (χ4v) is 6.25. The van der Waals surface area contributed by atoms with E-state index in [4.69, 9.17) is 0 Å². The second kappa shape index (κ2) is 15.7. The smallest absolute Gasteiger partial charge is 0.162 e. The number of Topliss-reactive ketones (excluding diaryl/α,β-unsaturated/α-hetero) is 1. The van der Waals surface area contributed by atoms with Crippen LogP contribution in [-0.4, -0.2) is 35.2 Å². The van der Waals surface area contributed by atoms with Crippen LogP contribution < -0.4 is 0 Å². The van der Waals surface area contributed by atoms with Gasteiger partial charge in [0.25, 0.3) is 0 Å². The largest absolute Gasteiger partial charge is 0.299 e. The number of aryl methyl sites for hydroxylation is 3. The van der Waals surface area contributed by atoms with Gasteiger partial charge in [0, 0.05) is 31.6 Å². The highest BCUT2D eigenvalue weighted by atomic mass is 35.5. The van der Waals surface area contributed by atoms with Gasteiger partial charge in [0.2, 0.25) is 0 Å². The fraction of sp³-hybridized carbons (Fsp3) is 0.457. The van der Waals surface area contributed by atoms with Crippen molar-refractivity contribution in [2.75, 3.05) is 19.6 Å². The Morgan fingerprint density at radius 2 is 1.57 bits per heavy atom. The van der Waals surface area contributed by atoms with Gasteiger partial charge in [-0.1, -0.05) is 66.2 Å². The van der Waals surface area contributed by atoms with Gasteiger partial charge < -0.3 is 0 Å². The molecule has 0 aliphatic carbocycles. The molecule has 0 unspecified atom stereocenters. The van der Waals surface area contributed by atoms with Crippen LogP contribution >= 0.6 is 24.8 Å². The average molecular weight is 582 g/mol. The normalized spacial score (nSPS) is 16.4. The number of benzene rings is 3. The van der Waals surface area contributed by atoms with E-state index in [0.717, 1.165) is 50.5 Å². The first kappa shape index (κ1) is 32.3. The maximum absolute atomic E-state index is 13.1. The third kappa shape index (κ3) is 8.91. The number of piperidine rings is 1. The van der Waals surface area contributed by atoms with Gasteiger partial charge >= 0.3 is 0 Å². The maximum atomic E-state index is 13.1. The van der Waals surface area contributed by atoms with Crippen LogP contribution in [0.4, 0.5) is 0 Å². The summed E-state index contributed by atoms with van der Waals surface area (Å²) in [6.45, 7) is 10.8. The van der Waals surface area contributed by atoms with Gasteiger partial charge in [-0.3, -0.25) is 14.6 Å².